The second-order valence-corrected chi connectivity index (χ2v) is 12.7. The number of aromatic nitrogens is 3. The Kier molecular flexibility index (Phi) is 8.64. The van der Waals surface area contributed by atoms with Gasteiger partial charge in [-0.25, -0.2) is 13.8 Å². The largest absolute Gasteiger partial charge is 0.435 e. The summed E-state index contributed by atoms with van der Waals surface area (Å²) >= 11 is 6.30. The number of halogens is 4. The molecule has 14 heteroatoms. The average Bonchev–Trinajstić information content (AvgIpc) is 2.87. The monoisotopic (exact) mass is 569 g/mol. The topological polar surface area (TPSA) is 95.5 Å². The van der Waals surface area contributed by atoms with Crippen molar-refractivity contribution in [3.63, 3.8) is 0 Å². The maximum Gasteiger partial charge on any atom is 0.304 e. The summed E-state index contributed by atoms with van der Waals surface area (Å²) in [5, 5.41) is 6.73. The lowest BCUT2D eigenvalue weighted by atomic mass is 10.3. The predicted molar refractivity (Wildman–Crippen MR) is 145 cm³/mol. The standard InChI is InChI=1S/C24H28ClF3N7O2P/c1-34-10-12-35(13-11-34)19-9-8-17(23(32-19)37-21(28)20(26)27)31-24-29-14-15(25)22(33-24)30-16-6-4-5-7-18(16)38(2,3)36/h4-9,14,20-21H,10-13H2,1-3H3,(H2,29,30,31,33). The molecule has 0 radical (unpaired) electrons. The number of nitrogens with one attached hydrogen (secondary N) is 2. The van der Waals surface area contributed by atoms with Gasteiger partial charge in [0.05, 0.1) is 11.9 Å². The number of rotatable bonds is 9. The lowest BCUT2D eigenvalue weighted by Gasteiger charge is -2.33. The molecule has 2 aromatic heterocycles. The van der Waals surface area contributed by atoms with Crippen molar-refractivity contribution in [2.24, 2.45) is 0 Å². The number of piperazine rings is 1. The van der Waals surface area contributed by atoms with Crippen molar-refractivity contribution >= 4 is 53.0 Å². The van der Waals surface area contributed by atoms with E-state index in [1.54, 1.807) is 49.7 Å². The Hall–Kier alpha value is -3.08. The summed E-state index contributed by atoms with van der Waals surface area (Å²) in [5.74, 6) is 0.354. The lowest BCUT2D eigenvalue weighted by molar-refractivity contribution is -0.0685. The number of ether oxygens (including phenoxy) is 1. The number of hydrogen-bond acceptors (Lipinski definition) is 9. The highest BCUT2D eigenvalue weighted by Gasteiger charge is 2.25. The van der Waals surface area contributed by atoms with Gasteiger partial charge < -0.3 is 29.7 Å². The van der Waals surface area contributed by atoms with Gasteiger partial charge in [0, 0.05) is 31.5 Å². The first-order valence-corrected chi connectivity index (χ1v) is 14.7. The molecule has 9 nitrogen and oxygen atoms in total. The highest BCUT2D eigenvalue weighted by Crippen LogP contribution is 2.39. The quantitative estimate of drug-likeness (QED) is 0.347. The fourth-order valence-corrected chi connectivity index (χ4v) is 5.09. The van der Waals surface area contributed by atoms with E-state index in [1.165, 1.54) is 6.20 Å². The van der Waals surface area contributed by atoms with Crippen LogP contribution in [0.15, 0.2) is 42.6 Å². The van der Waals surface area contributed by atoms with Gasteiger partial charge in [-0.05, 0) is 44.6 Å². The molecule has 1 aromatic carbocycles. The van der Waals surface area contributed by atoms with Crippen LogP contribution in [0.25, 0.3) is 0 Å². The van der Waals surface area contributed by atoms with E-state index in [4.69, 9.17) is 16.3 Å². The second kappa shape index (κ2) is 11.8. The van der Waals surface area contributed by atoms with Crippen LogP contribution in [0.3, 0.4) is 0 Å². The highest BCUT2D eigenvalue weighted by molar-refractivity contribution is 7.70. The van der Waals surface area contributed by atoms with Gasteiger partial charge in [-0.15, -0.1) is 0 Å². The SMILES string of the molecule is CN1CCN(c2ccc(Nc3ncc(Cl)c(Nc4ccccc4P(C)(C)=O)n3)c(OC(F)C(F)F)n2)CC1. The van der Waals surface area contributed by atoms with E-state index < -0.39 is 19.9 Å². The van der Waals surface area contributed by atoms with Crippen molar-refractivity contribution in [1.82, 2.24) is 19.9 Å². The Bertz CT molecular complexity index is 1320. The van der Waals surface area contributed by atoms with Crippen molar-refractivity contribution in [2.45, 2.75) is 12.8 Å². The van der Waals surface area contributed by atoms with Crippen LogP contribution in [0.5, 0.6) is 5.88 Å². The zero-order chi connectivity index (χ0) is 27.4. The molecule has 38 heavy (non-hydrogen) atoms. The van der Waals surface area contributed by atoms with E-state index in [-0.39, 0.29) is 28.4 Å². The molecule has 1 unspecified atom stereocenters. The molecule has 4 rings (SSSR count). The molecule has 1 atom stereocenters. The molecule has 0 bridgehead atoms. The minimum Gasteiger partial charge on any atom is -0.435 e. The van der Waals surface area contributed by atoms with Gasteiger partial charge in [0.2, 0.25) is 11.8 Å². The molecule has 0 aliphatic carbocycles. The number of benzene rings is 1. The van der Waals surface area contributed by atoms with Crippen LogP contribution in [0.1, 0.15) is 0 Å². The molecule has 204 valence electrons. The van der Waals surface area contributed by atoms with Gasteiger partial charge in [0.1, 0.15) is 23.7 Å². The molecule has 1 aliphatic heterocycles. The van der Waals surface area contributed by atoms with Crippen molar-refractivity contribution in [1.29, 1.82) is 0 Å². The van der Waals surface area contributed by atoms with Crippen LogP contribution < -0.4 is 25.6 Å². The number of anilines is 5. The van der Waals surface area contributed by atoms with Crippen LogP contribution in [0.4, 0.5) is 42.1 Å². The molecule has 1 aliphatic rings. The van der Waals surface area contributed by atoms with Crippen LogP contribution in [0, 0.1) is 0 Å². The maximum absolute atomic E-state index is 13.9. The predicted octanol–water partition coefficient (Wildman–Crippen LogP) is 4.95. The van der Waals surface area contributed by atoms with Gasteiger partial charge in [-0.1, -0.05) is 23.7 Å². The second-order valence-electron chi connectivity index (χ2n) is 9.12. The third kappa shape index (κ3) is 6.86. The summed E-state index contributed by atoms with van der Waals surface area (Å²) < 4.78 is 57.4. The summed E-state index contributed by atoms with van der Waals surface area (Å²) in [4.78, 5) is 16.9. The maximum atomic E-state index is 13.9. The highest BCUT2D eigenvalue weighted by atomic mass is 35.5. The normalized spacial score (nSPS) is 15.4. The summed E-state index contributed by atoms with van der Waals surface area (Å²) in [7, 11) is -0.616. The molecular formula is C24H28ClF3N7O2P. The molecule has 1 saturated heterocycles. The van der Waals surface area contributed by atoms with E-state index in [9.17, 15) is 17.7 Å². The molecule has 3 heterocycles. The van der Waals surface area contributed by atoms with Gasteiger partial charge in [-0.2, -0.15) is 14.4 Å². The molecule has 2 N–H and O–H groups in total. The summed E-state index contributed by atoms with van der Waals surface area (Å²) in [6.45, 7) is 6.24. The molecule has 0 amide bonds. The Balaban J connectivity index is 1.62. The summed E-state index contributed by atoms with van der Waals surface area (Å²) in [5.41, 5.74) is 0.651. The minimum atomic E-state index is -3.35. The first-order valence-electron chi connectivity index (χ1n) is 11.8. The number of hydrogen-bond donors (Lipinski definition) is 2. The van der Waals surface area contributed by atoms with Crippen molar-refractivity contribution in [3.05, 3.63) is 47.6 Å². The van der Waals surface area contributed by atoms with Crippen LogP contribution in [-0.4, -0.2) is 79.2 Å². The number of alkyl halides is 3. The molecule has 0 saturated carbocycles. The Labute approximate surface area is 223 Å². The number of para-hydroxylation sites is 1. The van der Waals surface area contributed by atoms with Crippen LogP contribution >= 0.6 is 18.7 Å². The van der Waals surface area contributed by atoms with Crippen LogP contribution in [-0.2, 0) is 4.57 Å². The van der Waals surface area contributed by atoms with E-state index in [1.807, 2.05) is 11.9 Å². The average molecular weight is 570 g/mol. The van der Waals surface area contributed by atoms with E-state index in [0.717, 1.165) is 13.1 Å². The fourth-order valence-electron chi connectivity index (χ4n) is 3.80. The smallest absolute Gasteiger partial charge is 0.304 e. The van der Waals surface area contributed by atoms with Gasteiger partial charge >= 0.3 is 6.43 Å². The third-order valence-electron chi connectivity index (χ3n) is 5.82. The van der Waals surface area contributed by atoms with Gasteiger partial charge in [-0.3, -0.25) is 0 Å². The molecule has 0 spiro atoms. The third-order valence-corrected chi connectivity index (χ3v) is 7.65. The number of likely N-dealkylation sites (N-methyl/N-ethyl adjacent to an activating group) is 1. The molecule has 3 aromatic rings. The van der Waals surface area contributed by atoms with Crippen LogP contribution in [0.2, 0.25) is 5.02 Å². The van der Waals surface area contributed by atoms with Crippen molar-refractivity contribution < 1.29 is 22.5 Å². The Morgan fingerprint density at radius 2 is 1.71 bits per heavy atom. The zero-order valence-electron chi connectivity index (χ0n) is 21.0. The zero-order valence-corrected chi connectivity index (χ0v) is 22.7. The Morgan fingerprint density at radius 3 is 2.39 bits per heavy atom. The lowest BCUT2D eigenvalue weighted by Crippen LogP contribution is -2.44. The Morgan fingerprint density at radius 1 is 1.00 bits per heavy atom. The van der Waals surface area contributed by atoms with Gasteiger partial charge in [0.15, 0.2) is 5.82 Å². The fraction of sp³-hybridized carbons (Fsp3) is 0.375. The van der Waals surface area contributed by atoms with Crippen molar-refractivity contribution in [2.75, 3.05) is 62.1 Å². The summed E-state index contributed by atoms with van der Waals surface area (Å²) in [6.07, 6.45) is -4.89. The van der Waals surface area contributed by atoms with Gasteiger partial charge in [0.25, 0.3) is 6.36 Å². The molecular weight excluding hydrogens is 542 g/mol. The molecule has 1 fully saturated rings. The summed E-state index contributed by atoms with van der Waals surface area (Å²) in [6, 6.07) is 10.3. The first-order chi connectivity index (χ1) is 18.0. The van der Waals surface area contributed by atoms with E-state index >= 15 is 0 Å². The van der Waals surface area contributed by atoms with Crippen molar-refractivity contribution in [3.8, 4) is 5.88 Å². The number of pyridine rings is 1. The van der Waals surface area contributed by atoms with E-state index in [2.05, 4.69) is 30.5 Å². The number of nitrogens with zero attached hydrogens (tertiary/aromatic N) is 5. The van der Waals surface area contributed by atoms with E-state index in [0.29, 0.717) is 29.9 Å². The first kappa shape index (κ1) is 27.9. The minimum absolute atomic E-state index is 0.0250.